The second-order valence-electron chi connectivity index (χ2n) is 7.21. The highest BCUT2D eigenvalue weighted by Gasteiger charge is 2.47. The van der Waals surface area contributed by atoms with E-state index in [9.17, 15) is 9.59 Å². The summed E-state index contributed by atoms with van der Waals surface area (Å²) in [7, 11) is 3.15. The maximum absolute atomic E-state index is 13.0. The molecule has 0 bridgehead atoms. The second-order valence-corrected chi connectivity index (χ2v) is 9.62. The highest BCUT2D eigenvalue weighted by Crippen LogP contribution is 2.45. The number of rotatable bonds is 4. The number of nitrogens with zero attached hydrogens (tertiary/aromatic N) is 2. The Hall–Kier alpha value is -2.39. The largest absolute Gasteiger partial charge is 0.497 e. The zero-order chi connectivity index (χ0) is 21.1. The van der Waals surface area contributed by atoms with E-state index in [0.717, 1.165) is 30.0 Å². The predicted molar refractivity (Wildman–Crippen MR) is 120 cm³/mol. The van der Waals surface area contributed by atoms with Crippen LogP contribution in [0, 0.1) is 0 Å². The maximum atomic E-state index is 13.0. The van der Waals surface area contributed by atoms with Crippen molar-refractivity contribution in [1.82, 2.24) is 9.80 Å². The molecule has 9 heteroatoms. The first-order chi connectivity index (χ1) is 14.6. The van der Waals surface area contributed by atoms with Gasteiger partial charge in [0, 0.05) is 31.5 Å². The molecule has 0 aliphatic carbocycles. The molecule has 0 saturated carbocycles. The van der Waals surface area contributed by atoms with E-state index in [4.69, 9.17) is 9.47 Å². The summed E-state index contributed by atoms with van der Waals surface area (Å²) in [5.74, 6) is 2.26. The molecule has 160 valence electrons. The van der Waals surface area contributed by atoms with E-state index in [-0.39, 0.29) is 16.8 Å². The van der Waals surface area contributed by atoms with Crippen LogP contribution in [0.25, 0.3) is 0 Å². The van der Waals surface area contributed by atoms with Crippen molar-refractivity contribution in [2.24, 2.45) is 0 Å². The fraction of sp³-hybridized carbons (Fsp3) is 0.429. The summed E-state index contributed by atoms with van der Waals surface area (Å²) in [5, 5.41) is 4.87. The normalized spacial score (nSPS) is 17.8. The van der Waals surface area contributed by atoms with Crippen molar-refractivity contribution in [2.45, 2.75) is 17.7 Å². The third-order valence-corrected chi connectivity index (χ3v) is 8.05. The first-order valence-corrected chi connectivity index (χ1v) is 11.7. The Bertz CT molecular complexity index is 911. The summed E-state index contributed by atoms with van der Waals surface area (Å²) in [6, 6.07) is 8.93. The van der Waals surface area contributed by atoms with E-state index in [0.29, 0.717) is 30.3 Å². The molecule has 1 spiro atoms. The van der Waals surface area contributed by atoms with E-state index >= 15 is 0 Å². The lowest BCUT2D eigenvalue weighted by Crippen LogP contribution is -2.54. The number of thiophene rings is 1. The Balaban J connectivity index is 1.40. The number of ether oxygens (including phenoxy) is 2. The summed E-state index contributed by atoms with van der Waals surface area (Å²) >= 11 is 3.33. The van der Waals surface area contributed by atoms with Gasteiger partial charge in [-0.2, -0.15) is 0 Å². The number of amides is 3. The van der Waals surface area contributed by atoms with Crippen LogP contribution in [0.5, 0.6) is 11.5 Å². The van der Waals surface area contributed by atoms with Crippen LogP contribution >= 0.6 is 23.1 Å². The molecule has 1 N–H and O–H groups in total. The lowest BCUT2D eigenvalue weighted by atomic mass is 10.0. The molecule has 2 aromatic rings. The number of nitrogens with one attached hydrogen (secondary N) is 1. The van der Waals surface area contributed by atoms with E-state index in [1.165, 1.54) is 11.3 Å². The van der Waals surface area contributed by atoms with Crippen LogP contribution < -0.4 is 14.8 Å². The summed E-state index contributed by atoms with van der Waals surface area (Å²) in [6.45, 7) is 1.97. The quantitative estimate of drug-likeness (QED) is 0.768. The number of piperidine rings is 1. The number of likely N-dealkylation sites (tertiary alicyclic amines) is 1. The van der Waals surface area contributed by atoms with Gasteiger partial charge in [0.15, 0.2) is 0 Å². The first kappa shape index (κ1) is 20.9. The van der Waals surface area contributed by atoms with Crippen LogP contribution in [-0.2, 0) is 0 Å². The Labute approximate surface area is 184 Å². The molecule has 3 heterocycles. The predicted octanol–water partition coefficient (Wildman–Crippen LogP) is 3.98. The molecule has 7 nitrogen and oxygen atoms in total. The minimum absolute atomic E-state index is 0.107. The second kappa shape index (κ2) is 8.77. The molecule has 2 fully saturated rings. The van der Waals surface area contributed by atoms with Gasteiger partial charge in [-0.1, -0.05) is 6.07 Å². The number of hydrogen-bond donors (Lipinski definition) is 1. The van der Waals surface area contributed by atoms with Crippen molar-refractivity contribution in [3.05, 3.63) is 40.6 Å². The van der Waals surface area contributed by atoms with Gasteiger partial charge in [-0.05, 0) is 36.4 Å². The van der Waals surface area contributed by atoms with Crippen molar-refractivity contribution >= 4 is 40.7 Å². The Morgan fingerprint density at radius 2 is 1.90 bits per heavy atom. The van der Waals surface area contributed by atoms with Crippen LogP contribution in [0.1, 0.15) is 22.5 Å². The van der Waals surface area contributed by atoms with Crippen LogP contribution in [0.4, 0.5) is 10.5 Å². The van der Waals surface area contributed by atoms with E-state index in [2.05, 4.69) is 5.32 Å². The van der Waals surface area contributed by atoms with Gasteiger partial charge in [0.25, 0.3) is 5.91 Å². The molecule has 0 unspecified atom stereocenters. The van der Waals surface area contributed by atoms with Crippen molar-refractivity contribution in [3.8, 4) is 11.5 Å². The lowest BCUT2D eigenvalue weighted by Gasteiger charge is -2.43. The molecular formula is C21H25N3O4S2. The first-order valence-electron chi connectivity index (χ1n) is 9.84. The average Bonchev–Trinajstić information content (AvgIpc) is 3.45. The van der Waals surface area contributed by atoms with Gasteiger partial charge in [0.05, 0.1) is 29.7 Å². The Kier molecular flexibility index (Phi) is 6.10. The molecule has 0 atom stereocenters. The monoisotopic (exact) mass is 447 g/mol. The Morgan fingerprint density at radius 3 is 2.57 bits per heavy atom. The van der Waals surface area contributed by atoms with Crippen LogP contribution in [0.2, 0.25) is 0 Å². The lowest BCUT2D eigenvalue weighted by molar-refractivity contribution is 0.0590. The van der Waals surface area contributed by atoms with Crippen LogP contribution in [0.3, 0.4) is 0 Å². The summed E-state index contributed by atoms with van der Waals surface area (Å²) in [4.78, 5) is 30.2. The summed E-state index contributed by atoms with van der Waals surface area (Å²) in [5.41, 5.74) is 0.605. The minimum atomic E-state index is -0.213. The minimum Gasteiger partial charge on any atom is -0.497 e. The summed E-state index contributed by atoms with van der Waals surface area (Å²) in [6.07, 6.45) is 1.53. The van der Waals surface area contributed by atoms with E-state index in [1.54, 1.807) is 32.4 Å². The van der Waals surface area contributed by atoms with Crippen LogP contribution in [0.15, 0.2) is 35.7 Å². The fourth-order valence-electron chi connectivity index (χ4n) is 4.00. The standard InChI is InChI=1S/C21H25N3O4S2/c1-27-15-5-6-16(17(14-15)28-2)22-20(26)23-9-7-21(8-10-23)24(11-13-30-21)19(25)18-4-3-12-29-18/h3-6,12,14H,7-11,13H2,1-2H3,(H,22,26). The molecule has 0 radical (unpaired) electrons. The highest BCUT2D eigenvalue weighted by atomic mass is 32.2. The zero-order valence-corrected chi connectivity index (χ0v) is 18.7. The molecule has 2 saturated heterocycles. The van der Waals surface area contributed by atoms with Gasteiger partial charge in [0.2, 0.25) is 0 Å². The summed E-state index contributed by atoms with van der Waals surface area (Å²) < 4.78 is 10.6. The van der Waals surface area contributed by atoms with Crippen molar-refractivity contribution < 1.29 is 19.1 Å². The van der Waals surface area contributed by atoms with Crippen molar-refractivity contribution in [2.75, 3.05) is 44.9 Å². The topological polar surface area (TPSA) is 71.1 Å². The third-order valence-electron chi connectivity index (χ3n) is 5.64. The van der Waals surface area contributed by atoms with E-state index < -0.39 is 0 Å². The van der Waals surface area contributed by atoms with Crippen LogP contribution in [-0.4, -0.2) is 66.2 Å². The number of anilines is 1. The zero-order valence-electron chi connectivity index (χ0n) is 17.1. The fourth-order valence-corrected chi connectivity index (χ4v) is 6.12. The van der Waals surface area contributed by atoms with Gasteiger partial charge in [-0.15, -0.1) is 23.1 Å². The average molecular weight is 448 g/mol. The number of carbonyl (C=O) groups excluding carboxylic acids is 2. The van der Waals surface area contributed by atoms with Gasteiger partial charge in [-0.25, -0.2) is 4.79 Å². The highest BCUT2D eigenvalue weighted by molar-refractivity contribution is 8.00. The van der Waals surface area contributed by atoms with Gasteiger partial charge >= 0.3 is 6.03 Å². The van der Waals surface area contributed by atoms with Gasteiger partial charge in [0.1, 0.15) is 11.5 Å². The maximum Gasteiger partial charge on any atom is 0.321 e. The number of carbonyl (C=O) groups is 2. The molecule has 1 aromatic carbocycles. The van der Waals surface area contributed by atoms with Gasteiger partial charge < -0.3 is 24.6 Å². The molecule has 3 amide bonds. The third kappa shape index (κ3) is 3.96. The van der Waals surface area contributed by atoms with Gasteiger partial charge in [-0.3, -0.25) is 4.79 Å². The number of urea groups is 1. The molecule has 2 aliphatic heterocycles. The molecule has 4 rings (SSSR count). The number of methoxy groups -OCH3 is 2. The van der Waals surface area contributed by atoms with E-state index in [1.807, 2.05) is 39.1 Å². The number of thioether (sulfide) groups is 1. The number of hydrogen-bond acceptors (Lipinski definition) is 6. The number of benzene rings is 1. The molecule has 1 aromatic heterocycles. The molecular weight excluding hydrogens is 422 g/mol. The smallest absolute Gasteiger partial charge is 0.321 e. The Morgan fingerprint density at radius 1 is 1.10 bits per heavy atom. The SMILES string of the molecule is COc1ccc(NC(=O)N2CCC3(CC2)SCCN3C(=O)c2cccs2)c(OC)c1. The molecule has 2 aliphatic rings. The van der Waals surface area contributed by atoms with Crippen molar-refractivity contribution in [1.29, 1.82) is 0 Å². The molecule has 30 heavy (non-hydrogen) atoms. The van der Waals surface area contributed by atoms with Crippen molar-refractivity contribution in [3.63, 3.8) is 0 Å².